The molecule has 0 saturated carbocycles. The van der Waals surface area contributed by atoms with E-state index in [1.165, 1.54) is 12.1 Å². The van der Waals surface area contributed by atoms with Crippen molar-refractivity contribution in [1.29, 1.82) is 0 Å². The Kier molecular flexibility index (Phi) is 4.08. The van der Waals surface area contributed by atoms with E-state index < -0.39 is 17.8 Å². The fourth-order valence-corrected chi connectivity index (χ4v) is 1.77. The molecular formula is C13H14F3N3O. The fraction of sp³-hybridized carbons (Fsp3) is 0.385. The molecule has 1 atom stereocenters. The van der Waals surface area contributed by atoms with Gasteiger partial charge in [-0.05, 0) is 18.6 Å². The molecule has 0 aliphatic carbocycles. The van der Waals surface area contributed by atoms with Crippen LogP contribution in [0.4, 0.5) is 13.2 Å². The first kappa shape index (κ1) is 14.5. The topological polar surface area (TPSA) is 64.9 Å². The molecule has 2 aromatic rings. The van der Waals surface area contributed by atoms with Crippen molar-refractivity contribution in [2.45, 2.75) is 32.0 Å². The van der Waals surface area contributed by atoms with Crippen LogP contribution in [0.25, 0.3) is 11.4 Å². The number of rotatable bonds is 4. The van der Waals surface area contributed by atoms with Gasteiger partial charge in [0.2, 0.25) is 11.7 Å². The van der Waals surface area contributed by atoms with Crippen molar-refractivity contribution in [3.05, 3.63) is 35.7 Å². The van der Waals surface area contributed by atoms with Gasteiger partial charge in [-0.25, -0.2) is 0 Å². The molecular weight excluding hydrogens is 271 g/mol. The Morgan fingerprint density at radius 3 is 2.75 bits per heavy atom. The second-order valence-electron chi connectivity index (χ2n) is 4.43. The largest absolute Gasteiger partial charge is 0.416 e. The number of nitrogens with zero attached hydrogens (tertiary/aromatic N) is 2. The fourth-order valence-electron chi connectivity index (χ4n) is 1.77. The quantitative estimate of drug-likeness (QED) is 0.932. The zero-order chi connectivity index (χ0) is 14.8. The number of hydrogen-bond acceptors (Lipinski definition) is 4. The van der Waals surface area contributed by atoms with E-state index in [0.717, 1.165) is 18.6 Å². The molecule has 0 unspecified atom stereocenters. The molecule has 0 bridgehead atoms. The molecule has 4 nitrogen and oxygen atoms in total. The average molecular weight is 285 g/mol. The van der Waals surface area contributed by atoms with Crippen molar-refractivity contribution in [3.63, 3.8) is 0 Å². The van der Waals surface area contributed by atoms with Crippen LogP contribution in [-0.4, -0.2) is 10.1 Å². The average Bonchev–Trinajstić information content (AvgIpc) is 2.88. The van der Waals surface area contributed by atoms with Crippen molar-refractivity contribution in [2.24, 2.45) is 5.73 Å². The van der Waals surface area contributed by atoms with E-state index in [2.05, 4.69) is 10.1 Å². The van der Waals surface area contributed by atoms with Gasteiger partial charge in [0.15, 0.2) is 0 Å². The molecule has 0 aliphatic heterocycles. The maximum absolute atomic E-state index is 12.6. The number of nitrogens with two attached hydrogens (primary N) is 1. The van der Waals surface area contributed by atoms with Crippen LogP contribution >= 0.6 is 0 Å². The third-order valence-corrected chi connectivity index (χ3v) is 2.81. The minimum absolute atomic E-state index is 0.109. The van der Waals surface area contributed by atoms with E-state index in [0.29, 0.717) is 6.42 Å². The Hall–Kier alpha value is -1.89. The van der Waals surface area contributed by atoms with Gasteiger partial charge in [0.05, 0.1) is 11.6 Å². The van der Waals surface area contributed by atoms with Gasteiger partial charge < -0.3 is 10.3 Å². The second-order valence-corrected chi connectivity index (χ2v) is 4.43. The molecule has 0 fully saturated rings. The Morgan fingerprint density at radius 1 is 1.35 bits per heavy atom. The predicted molar refractivity (Wildman–Crippen MR) is 66.6 cm³/mol. The first-order valence-electron chi connectivity index (χ1n) is 6.18. The Balaban J connectivity index is 2.28. The van der Waals surface area contributed by atoms with Gasteiger partial charge in [-0.2, -0.15) is 18.2 Å². The van der Waals surface area contributed by atoms with Crippen molar-refractivity contribution < 1.29 is 17.7 Å². The van der Waals surface area contributed by atoms with Gasteiger partial charge >= 0.3 is 6.18 Å². The van der Waals surface area contributed by atoms with Crippen molar-refractivity contribution >= 4 is 0 Å². The zero-order valence-corrected chi connectivity index (χ0v) is 10.8. The summed E-state index contributed by atoms with van der Waals surface area (Å²) < 4.78 is 42.9. The van der Waals surface area contributed by atoms with Crippen LogP contribution in [0.1, 0.15) is 37.3 Å². The van der Waals surface area contributed by atoms with E-state index >= 15 is 0 Å². The van der Waals surface area contributed by atoms with E-state index in [-0.39, 0.29) is 17.3 Å². The molecule has 0 radical (unpaired) electrons. The van der Waals surface area contributed by atoms with Crippen LogP contribution in [0.15, 0.2) is 28.8 Å². The van der Waals surface area contributed by atoms with Crippen molar-refractivity contribution in [2.75, 3.05) is 0 Å². The monoisotopic (exact) mass is 285 g/mol. The standard InChI is InChI=1S/C13H14F3N3O/c1-2-4-10(17)12-18-11(19-20-12)8-5-3-6-9(7-8)13(14,15)16/h3,5-7,10H,2,4,17H2,1H3/t10-/m1/s1. The highest BCUT2D eigenvalue weighted by atomic mass is 19.4. The van der Waals surface area contributed by atoms with Crippen LogP contribution in [0.5, 0.6) is 0 Å². The van der Waals surface area contributed by atoms with Crippen molar-refractivity contribution in [3.8, 4) is 11.4 Å². The maximum Gasteiger partial charge on any atom is 0.416 e. The third kappa shape index (κ3) is 3.16. The first-order chi connectivity index (χ1) is 9.41. The number of benzene rings is 1. The Morgan fingerprint density at radius 2 is 2.10 bits per heavy atom. The highest BCUT2D eigenvalue weighted by Gasteiger charge is 2.30. The summed E-state index contributed by atoms with van der Waals surface area (Å²) in [6, 6.07) is 4.38. The van der Waals surface area contributed by atoms with E-state index in [9.17, 15) is 13.2 Å². The number of alkyl halides is 3. The molecule has 1 heterocycles. The molecule has 2 rings (SSSR count). The summed E-state index contributed by atoms with van der Waals surface area (Å²) in [5.41, 5.74) is 5.32. The SMILES string of the molecule is CCC[C@@H](N)c1nc(-c2cccc(C(F)(F)F)c2)no1. The van der Waals surface area contributed by atoms with Crippen LogP contribution in [-0.2, 0) is 6.18 Å². The molecule has 2 N–H and O–H groups in total. The molecule has 0 aliphatic rings. The minimum atomic E-state index is -4.40. The number of halogens is 3. The summed E-state index contributed by atoms with van der Waals surface area (Å²) >= 11 is 0. The minimum Gasteiger partial charge on any atom is -0.337 e. The Bertz CT molecular complexity index is 580. The first-order valence-corrected chi connectivity index (χ1v) is 6.18. The lowest BCUT2D eigenvalue weighted by atomic mass is 10.1. The lowest BCUT2D eigenvalue weighted by molar-refractivity contribution is -0.137. The highest BCUT2D eigenvalue weighted by molar-refractivity contribution is 5.55. The van der Waals surface area contributed by atoms with Crippen LogP contribution in [0, 0.1) is 0 Å². The van der Waals surface area contributed by atoms with Gasteiger partial charge in [-0.15, -0.1) is 0 Å². The molecule has 108 valence electrons. The lowest BCUT2D eigenvalue weighted by Crippen LogP contribution is -2.09. The molecule has 7 heteroatoms. The number of aromatic nitrogens is 2. The second kappa shape index (κ2) is 5.62. The summed E-state index contributed by atoms with van der Waals surface area (Å²) in [4.78, 5) is 4.05. The lowest BCUT2D eigenvalue weighted by Gasteiger charge is -2.06. The van der Waals surface area contributed by atoms with E-state index in [1.54, 1.807) is 0 Å². The highest BCUT2D eigenvalue weighted by Crippen LogP contribution is 2.31. The normalized spacial score (nSPS) is 13.4. The summed E-state index contributed by atoms with van der Waals surface area (Å²) in [7, 11) is 0. The van der Waals surface area contributed by atoms with Crippen LogP contribution in [0.3, 0.4) is 0 Å². The molecule has 1 aromatic carbocycles. The van der Waals surface area contributed by atoms with Crippen molar-refractivity contribution in [1.82, 2.24) is 10.1 Å². The predicted octanol–water partition coefficient (Wildman–Crippen LogP) is 3.56. The summed E-state index contributed by atoms with van der Waals surface area (Å²) in [5.74, 6) is 0.344. The van der Waals surface area contributed by atoms with Crippen LogP contribution < -0.4 is 5.73 Å². The molecule has 1 aromatic heterocycles. The molecule has 0 saturated heterocycles. The van der Waals surface area contributed by atoms with Gasteiger partial charge in [0, 0.05) is 5.56 Å². The van der Waals surface area contributed by atoms with Gasteiger partial charge in [-0.1, -0.05) is 30.6 Å². The summed E-state index contributed by atoms with van der Waals surface area (Å²) in [6.07, 6.45) is -2.88. The van der Waals surface area contributed by atoms with Gasteiger partial charge in [0.1, 0.15) is 0 Å². The van der Waals surface area contributed by atoms with Crippen LogP contribution in [0.2, 0.25) is 0 Å². The van der Waals surface area contributed by atoms with E-state index in [1.807, 2.05) is 6.92 Å². The smallest absolute Gasteiger partial charge is 0.337 e. The van der Waals surface area contributed by atoms with Gasteiger partial charge in [0.25, 0.3) is 0 Å². The van der Waals surface area contributed by atoms with Gasteiger partial charge in [-0.3, -0.25) is 0 Å². The molecule has 0 amide bonds. The third-order valence-electron chi connectivity index (χ3n) is 2.81. The summed E-state index contributed by atoms with van der Waals surface area (Å²) in [5, 5.41) is 3.68. The Labute approximate surface area is 113 Å². The summed E-state index contributed by atoms with van der Waals surface area (Å²) in [6.45, 7) is 1.96. The zero-order valence-electron chi connectivity index (χ0n) is 10.8. The molecule has 0 spiro atoms. The maximum atomic E-state index is 12.6. The molecule has 20 heavy (non-hydrogen) atoms. The number of hydrogen-bond donors (Lipinski definition) is 1. The van der Waals surface area contributed by atoms with E-state index in [4.69, 9.17) is 10.3 Å².